The van der Waals surface area contributed by atoms with Crippen molar-refractivity contribution in [3.8, 4) is 0 Å². The number of amides is 1. The van der Waals surface area contributed by atoms with Crippen molar-refractivity contribution in [2.45, 2.75) is 44.0 Å². The van der Waals surface area contributed by atoms with Crippen LogP contribution in [0.25, 0.3) is 0 Å². The summed E-state index contributed by atoms with van der Waals surface area (Å²) in [6.07, 6.45) is 1.78. The minimum Gasteiger partial charge on any atom is -0.480 e. The van der Waals surface area contributed by atoms with E-state index < -0.39 is 27.9 Å². The van der Waals surface area contributed by atoms with E-state index in [1.807, 2.05) is 6.92 Å². The summed E-state index contributed by atoms with van der Waals surface area (Å²) in [5.74, 6) is -1.73. The standard InChI is InChI=1S/C17H26N2O6S/c1-4-5-6-15(17(21)22)19-16(20)14-11-13(8-7-12(14)2)26(23,24)18-9-10-25-3/h7-8,11,15,18H,4-6,9-10H2,1-3H3,(H,19,20)(H,21,22). The highest BCUT2D eigenvalue weighted by Crippen LogP contribution is 2.16. The van der Waals surface area contributed by atoms with Crippen molar-refractivity contribution in [3.63, 3.8) is 0 Å². The second-order valence-electron chi connectivity index (χ2n) is 5.87. The molecule has 0 saturated carbocycles. The van der Waals surface area contributed by atoms with E-state index in [1.165, 1.54) is 25.3 Å². The van der Waals surface area contributed by atoms with Crippen LogP contribution in [0.5, 0.6) is 0 Å². The first kappa shape index (κ1) is 22.1. The number of methoxy groups -OCH3 is 1. The summed E-state index contributed by atoms with van der Waals surface area (Å²) in [6, 6.07) is 3.15. The molecule has 1 aromatic rings. The second-order valence-corrected chi connectivity index (χ2v) is 7.64. The fraction of sp³-hybridized carbons (Fsp3) is 0.529. The minimum absolute atomic E-state index is 0.0650. The molecule has 0 aliphatic heterocycles. The number of hydrogen-bond acceptors (Lipinski definition) is 5. The fourth-order valence-electron chi connectivity index (χ4n) is 2.28. The molecule has 1 rings (SSSR count). The molecular formula is C17H26N2O6S. The summed E-state index contributed by atoms with van der Waals surface area (Å²) in [5, 5.41) is 11.7. The van der Waals surface area contributed by atoms with E-state index in [1.54, 1.807) is 6.92 Å². The summed E-state index contributed by atoms with van der Waals surface area (Å²) >= 11 is 0. The predicted molar refractivity (Wildman–Crippen MR) is 96.7 cm³/mol. The van der Waals surface area contributed by atoms with Crippen molar-refractivity contribution in [1.29, 1.82) is 0 Å². The Labute approximate surface area is 154 Å². The molecule has 0 aliphatic carbocycles. The average molecular weight is 386 g/mol. The van der Waals surface area contributed by atoms with Crippen LogP contribution in [-0.4, -0.2) is 51.7 Å². The number of carboxylic acids is 1. The average Bonchev–Trinajstić information content (AvgIpc) is 2.58. The van der Waals surface area contributed by atoms with Gasteiger partial charge in [-0.15, -0.1) is 0 Å². The van der Waals surface area contributed by atoms with Gasteiger partial charge in [0.1, 0.15) is 6.04 Å². The van der Waals surface area contributed by atoms with Crippen molar-refractivity contribution in [2.75, 3.05) is 20.3 Å². The third-order valence-electron chi connectivity index (χ3n) is 3.81. The van der Waals surface area contributed by atoms with Crippen molar-refractivity contribution in [3.05, 3.63) is 29.3 Å². The molecule has 146 valence electrons. The largest absolute Gasteiger partial charge is 0.480 e. The van der Waals surface area contributed by atoms with Gasteiger partial charge in [0.25, 0.3) is 5.91 Å². The SMILES string of the molecule is CCCCC(NC(=O)c1cc(S(=O)(=O)NCCOC)ccc1C)C(=O)O. The van der Waals surface area contributed by atoms with E-state index in [-0.39, 0.29) is 23.6 Å². The lowest BCUT2D eigenvalue weighted by Crippen LogP contribution is -2.41. The molecule has 9 heteroatoms. The summed E-state index contributed by atoms with van der Waals surface area (Å²) in [4.78, 5) is 23.7. The van der Waals surface area contributed by atoms with E-state index >= 15 is 0 Å². The van der Waals surface area contributed by atoms with Crippen LogP contribution in [0.3, 0.4) is 0 Å². The third kappa shape index (κ3) is 6.40. The maximum absolute atomic E-state index is 12.5. The molecule has 0 spiro atoms. The van der Waals surface area contributed by atoms with Crippen molar-refractivity contribution < 1.29 is 27.9 Å². The fourth-order valence-corrected chi connectivity index (χ4v) is 3.31. The van der Waals surface area contributed by atoms with Gasteiger partial charge in [0.2, 0.25) is 10.0 Å². The van der Waals surface area contributed by atoms with Crippen molar-refractivity contribution >= 4 is 21.9 Å². The van der Waals surface area contributed by atoms with Crippen LogP contribution < -0.4 is 10.0 Å². The van der Waals surface area contributed by atoms with Gasteiger partial charge in [0.15, 0.2) is 0 Å². The first-order valence-corrected chi connectivity index (χ1v) is 9.84. The quantitative estimate of drug-likeness (QED) is 0.493. The van der Waals surface area contributed by atoms with E-state index in [0.29, 0.717) is 18.4 Å². The molecule has 0 heterocycles. The van der Waals surface area contributed by atoms with Gasteiger partial charge in [0, 0.05) is 19.2 Å². The normalized spacial score (nSPS) is 12.6. The molecule has 26 heavy (non-hydrogen) atoms. The van der Waals surface area contributed by atoms with Crippen LogP contribution in [0, 0.1) is 6.92 Å². The Balaban J connectivity index is 3.01. The summed E-state index contributed by atoms with van der Waals surface area (Å²) in [7, 11) is -2.33. The Morgan fingerprint density at radius 3 is 2.58 bits per heavy atom. The molecule has 0 aliphatic rings. The van der Waals surface area contributed by atoms with Gasteiger partial charge in [-0.2, -0.15) is 0 Å². The van der Waals surface area contributed by atoms with Gasteiger partial charge in [-0.25, -0.2) is 17.9 Å². The molecule has 3 N–H and O–H groups in total. The number of rotatable bonds is 11. The van der Waals surface area contributed by atoms with E-state index in [0.717, 1.165) is 6.42 Å². The highest BCUT2D eigenvalue weighted by Gasteiger charge is 2.22. The van der Waals surface area contributed by atoms with Gasteiger partial charge < -0.3 is 15.2 Å². The molecule has 1 amide bonds. The predicted octanol–water partition coefficient (Wildman–Crippen LogP) is 1.29. The van der Waals surface area contributed by atoms with Gasteiger partial charge in [-0.1, -0.05) is 25.8 Å². The topological polar surface area (TPSA) is 122 Å². The van der Waals surface area contributed by atoms with Crippen LogP contribution in [0.15, 0.2) is 23.1 Å². The first-order chi connectivity index (χ1) is 12.2. The highest BCUT2D eigenvalue weighted by atomic mass is 32.2. The molecular weight excluding hydrogens is 360 g/mol. The molecule has 8 nitrogen and oxygen atoms in total. The number of hydrogen-bond donors (Lipinski definition) is 3. The number of benzene rings is 1. The Hall–Kier alpha value is -1.97. The second kappa shape index (κ2) is 10.2. The monoisotopic (exact) mass is 386 g/mol. The first-order valence-electron chi connectivity index (χ1n) is 8.35. The number of nitrogens with one attached hydrogen (secondary N) is 2. The maximum atomic E-state index is 12.5. The number of carboxylic acid groups (broad SMARTS) is 1. The lowest BCUT2D eigenvalue weighted by atomic mass is 10.1. The molecule has 1 atom stereocenters. The number of sulfonamides is 1. The summed E-state index contributed by atoms with van der Waals surface area (Å²) in [6.45, 7) is 3.91. The van der Waals surface area contributed by atoms with Crippen LogP contribution in [-0.2, 0) is 19.6 Å². The molecule has 0 saturated heterocycles. The van der Waals surface area contributed by atoms with Gasteiger partial charge >= 0.3 is 5.97 Å². The Morgan fingerprint density at radius 2 is 2.00 bits per heavy atom. The van der Waals surface area contributed by atoms with E-state index in [9.17, 15) is 23.1 Å². The van der Waals surface area contributed by atoms with Crippen LogP contribution in [0.4, 0.5) is 0 Å². The molecule has 1 aromatic carbocycles. The highest BCUT2D eigenvalue weighted by molar-refractivity contribution is 7.89. The van der Waals surface area contributed by atoms with E-state index in [2.05, 4.69) is 10.0 Å². The third-order valence-corrected chi connectivity index (χ3v) is 5.27. The smallest absolute Gasteiger partial charge is 0.326 e. The Morgan fingerprint density at radius 1 is 1.31 bits per heavy atom. The molecule has 0 aromatic heterocycles. The number of unbranched alkanes of at least 4 members (excludes halogenated alkanes) is 1. The van der Waals surface area contributed by atoms with Gasteiger partial charge in [-0.3, -0.25) is 4.79 Å². The molecule has 0 radical (unpaired) electrons. The molecule has 0 bridgehead atoms. The number of ether oxygens (including phenoxy) is 1. The van der Waals surface area contributed by atoms with Crippen LogP contribution in [0.2, 0.25) is 0 Å². The van der Waals surface area contributed by atoms with Crippen LogP contribution in [0.1, 0.15) is 42.1 Å². The lowest BCUT2D eigenvalue weighted by molar-refractivity contribution is -0.139. The summed E-state index contributed by atoms with van der Waals surface area (Å²) < 4.78 is 31.7. The molecule has 0 fully saturated rings. The van der Waals surface area contributed by atoms with Gasteiger partial charge in [-0.05, 0) is 31.0 Å². The number of aryl methyl sites for hydroxylation is 1. The number of carbonyl (C=O) groups excluding carboxylic acids is 1. The van der Waals surface area contributed by atoms with Crippen LogP contribution >= 0.6 is 0 Å². The zero-order valence-electron chi connectivity index (χ0n) is 15.2. The maximum Gasteiger partial charge on any atom is 0.326 e. The van der Waals surface area contributed by atoms with Crippen molar-refractivity contribution in [1.82, 2.24) is 10.0 Å². The zero-order valence-corrected chi connectivity index (χ0v) is 16.1. The van der Waals surface area contributed by atoms with E-state index in [4.69, 9.17) is 4.74 Å². The minimum atomic E-state index is -3.79. The number of aliphatic carboxylic acids is 1. The number of carbonyl (C=O) groups is 2. The zero-order chi connectivity index (χ0) is 19.7. The Kier molecular flexibility index (Phi) is 8.70. The summed E-state index contributed by atoms with van der Waals surface area (Å²) in [5.41, 5.74) is 0.681. The van der Waals surface area contributed by atoms with Gasteiger partial charge in [0.05, 0.1) is 11.5 Å². The lowest BCUT2D eigenvalue weighted by Gasteiger charge is -2.16. The van der Waals surface area contributed by atoms with Crippen molar-refractivity contribution in [2.24, 2.45) is 0 Å². The Bertz CT molecular complexity index is 733. The molecule has 1 unspecified atom stereocenters.